The zero-order chi connectivity index (χ0) is 17.5. The zero-order valence-corrected chi connectivity index (χ0v) is 15.1. The molecule has 24 heavy (non-hydrogen) atoms. The lowest BCUT2D eigenvalue weighted by Crippen LogP contribution is -2.18. The molecule has 2 aromatic carbocycles. The van der Waals surface area contributed by atoms with Gasteiger partial charge in [0, 0.05) is 4.47 Å². The van der Waals surface area contributed by atoms with Crippen molar-refractivity contribution < 1.29 is 23.8 Å². The highest BCUT2D eigenvalue weighted by atomic mass is 79.9. The van der Waals surface area contributed by atoms with E-state index in [2.05, 4.69) is 15.9 Å². The van der Waals surface area contributed by atoms with E-state index in [4.69, 9.17) is 25.8 Å². The quantitative estimate of drug-likeness (QED) is 0.523. The first-order valence-electron chi connectivity index (χ1n) is 7.05. The molecule has 7 heteroatoms. The van der Waals surface area contributed by atoms with Crippen molar-refractivity contribution in [3.63, 3.8) is 0 Å². The summed E-state index contributed by atoms with van der Waals surface area (Å²) in [7, 11) is 0. The Morgan fingerprint density at radius 1 is 1.17 bits per heavy atom. The molecule has 2 rings (SSSR count). The second-order valence-corrected chi connectivity index (χ2v) is 5.91. The fourth-order valence-electron chi connectivity index (χ4n) is 1.79. The van der Waals surface area contributed by atoms with Gasteiger partial charge in [0.2, 0.25) is 0 Å². The third kappa shape index (κ3) is 5.25. The molecule has 2 aromatic rings. The summed E-state index contributed by atoms with van der Waals surface area (Å²) in [5.41, 5.74) is 0.305. The number of esters is 2. The van der Waals surface area contributed by atoms with Crippen LogP contribution in [0, 0.1) is 0 Å². The predicted octanol–water partition coefficient (Wildman–Crippen LogP) is 4.26. The Morgan fingerprint density at radius 3 is 2.67 bits per heavy atom. The van der Waals surface area contributed by atoms with Gasteiger partial charge in [0.15, 0.2) is 6.61 Å². The second kappa shape index (κ2) is 8.70. The van der Waals surface area contributed by atoms with E-state index in [0.717, 1.165) is 4.47 Å². The van der Waals surface area contributed by atoms with E-state index in [1.165, 1.54) is 6.07 Å². The molecule has 0 aliphatic rings. The minimum absolute atomic E-state index is 0.232. The van der Waals surface area contributed by atoms with Gasteiger partial charge in [-0.05, 0) is 43.3 Å². The van der Waals surface area contributed by atoms with Crippen LogP contribution < -0.4 is 9.47 Å². The molecule has 0 saturated carbocycles. The number of hydrogen-bond donors (Lipinski definition) is 0. The molecule has 0 heterocycles. The molecule has 126 valence electrons. The van der Waals surface area contributed by atoms with Gasteiger partial charge in [0.05, 0.1) is 17.2 Å². The molecule has 0 radical (unpaired) electrons. The highest BCUT2D eigenvalue weighted by Gasteiger charge is 2.11. The van der Waals surface area contributed by atoms with Crippen molar-refractivity contribution in [3.8, 4) is 11.5 Å². The zero-order valence-electron chi connectivity index (χ0n) is 12.8. The highest BCUT2D eigenvalue weighted by molar-refractivity contribution is 9.10. The Bertz CT molecular complexity index is 748. The molecule has 0 fully saturated rings. The number of hydrogen-bond acceptors (Lipinski definition) is 5. The van der Waals surface area contributed by atoms with Crippen LogP contribution in [0.25, 0.3) is 0 Å². The number of carbonyl (C=O) groups excluding carboxylic acids is 2. The van der Waals surface area contributed by atoms with E-state index in [1.807, 2.05) is 0 Å². The maximum absolute atomic E-state index is 11.9. The van der Waals surface area contributed by atoms with E-state index in [0.29, 0.717) is 16.3 Å². The van der Waals surface area contributed by atoms with Crippen molar-refractivity contribution in [2.45, 2.75) is 6.92 Å². The van der Waals surface area contributed by atoms with Gasteiger partial charge in [-0.2, -0.15) is 0 Å². The molecular formula is C17H14BrClO5. The molecule has 0 spiro atoms. The maximum atomic E-state index is 11.9. The number of ether oxygens (including phenoxy) is 3. The Labute approximate surface area is 152 Å². The third-order valence-corrected chi connectivity index (χ3v) is 3.60. The van der Waals surface area contributed by atoms with Gasteiger partial charge in [-0.15, -0.1) is 0 Å². The van der Waals surface area contributed by atoms with Crippen molar-refractivity contribution in [1.29, 1.82) is 0 Å². The highest BCUT2D eigenvalue weighted by Crippen LogP contribution is 2.27. The molecule has 0 saturated heterocycles. The molecular weight excluding hydrogens is 400 g/mol. The van der Waals surface area contributed by atoms with Crippen molar-refractivity contribution in [2.75, 3.05) is 13.2 Å². The van der Waals surface area contributed by atoms with E-state index in [1.54, 1.807) is 43.3 Å². The first kappa shape index (κ1) is 18.3. The van der Waals surface area contributed by atoms with Crippen LogP contribution in [0.2, 0.25) is 5.02 Å². The summed E-state index contributed by atoms with van der Waals surface area (Å²) in [5.74, 6) is -0.489. The second-order valence-electron chi connectivity index (χ2n) is 4.59. The number of rotatable bonds is 6. The van der Waals surface area contributed by atoms with Crippen molar-refractivity contribution in [3.05, 3.63) is 57.5 Å². The van der Waals surface area contributed by atoms with E-state index < -0.39 is 11.9 Å². The van der Waals surface area contributed by atoms with E-state index in [-0.39, 0.29) is 19.0 Å². The Balaban J connectivity index is 1.95. The van der Waals surface area contributed by atoms with Crippen LogP contribution in [0.4, 0.5) is 0 Å². The first-order chi connectivity index (χ1) is 11.5. The molecule has 0 amide bonds. The molecule has 0 aliphatic carbocycles. The van der Waals surface area contributed by atoms with Gasteiger partial charge in [-0.25, -0.2) is 9.59 Å². The third-order valence-electron chi connectivity index (χ3n) is 2.82. The normalized spacial score (nSPS) is 10.1. The Morgan fingerprint density at radius 2 is 1.96 bits per heavy atom. The van der Waals surface area contributed by atoms with Gasteiger partial charge >= 0.3 is 11.9 Å². The lowest BCUT2D eigenvalue weighted by Gasteiger charge is -2.09. The van der Waals surface area contributed by atoms with Gasteiger partial charge < -0.3 is 14.2 Å². The lowest BCUT2D eigenvalue weighted by molar-refractivity contribution is -0.136. The van der Waals surface area contributed by atoms with Crippen LogP contribution >= 0.6 is 27.5 Å². The summed E-state index contributed by atoms with van der Waals surface area (Å²) < 4.78 is 16.2. The predicted molar refractivity (Wildman–Crippen MR) is 92.7 cm³/mol. The average Bonchev–Trinajstić information content (AvgIpc) is 2.54. The molecule has 5 nitrogen and oxygen atoms in total. The molecule has 0 bridgehead atoms. The standard InChI is InChI=1S/C17H14BrClO5/c1-2-22-17(21)11-4-3-5-13(8-11)24-16(20)10-23-15-7-6-12(18)9-14(15)19/h3-9H,2,10H2,1H3. The lowest BCUT2D eigenvalue weighted by atomic mass is 10.2. The molecule has 0 unspecified atom stereocenters. The summed E-state index contributed by atoms with van der Waals surface area (Å²) in [5, 5.41) is 0.376. The molecule has 0 N–H and O–H groups in total. The smallest absolute Gasteiger partial charge is 0.349 e. The van der Waals surface area contributed by atoms with Gasteiger partial charge in [0.1, 0.15) is 11.5 Å². The van der Waals surface area contributed by atoms with Crippen LogP contribution in [0.15, 0.2) is 46.9 Å². The van der Waals surface area contributed by atoms with Crippen LogP contribution in [0.5, 0.6) is 11.5 Å². The largest absolute Gasteiger partial charge is 0.480 e. The molecule has 0 atom stereocenters. The van der Waals surface area contributed by atoms with Crippen LogP contribution in [-0.4, -0.2) is 25.2 Å². The summed E-state index contributed by atoms with van der Waals surface area (Å²) in [6.07, 6.45) is 0. The summed E-state index contributed by atoms with van der Waals surface area (Å²) in [4.78, 5) is 23.5. The van der Waals surface area contributed by atoms with Crippen LogP contribution in [0.3, 0.4) is 0 Å². The fraction of sp³-hybridized carbons (Fsp3) is 0.176. The first-order valence-corrected chi connectivity index (χ1v) is 8.22. The topological polar surface area (TPSA) is 61.8 Å². The van der Waals surface area contributed by atoms with Crippen molar-refractivity contribution in [2.24, 2.45) is 0 Å². The van der Waals surface area contributed by atoms with E-state index >= 15 is 0 Å². The summed E-state index contributed by atoms with van der Waals surface area (Å²) in [6, 6.07) is 11.2. The van der Waals surface area contributed by atoms with Crippen molar-refractivity contribution >= 4 is 39.5 Å². The summed E-state index contributed by atoms with van der Waals surface area (Å²) >= 11 is 9.28. The van der Waals surface area contributed by atoms with E-state index in [9.17, 15) is 9.59 Å². The van der Waals surface area contributed by atoms with Gasteiger partial charge in [-0.1, -0.05) is 33.6 Å². The van der Waals surface area contributed by atoms with Gasteiger partial charge in [-0.3, -0.25) is 0 Å². The minimum atomic E-state index is -0.616. The Hall–Kier alpha value is -2.05. The molecule has 0 aromatic heterocycles. The maximum Gasteiger partial charge on any atom is 0.349 e. The molecule has 0 aliphatic heterocycles. The number of carbonyl (C=O) groups is 2. The average molecular weight is 414 g/mol. The monoisotopic (exact) mass is 412 g/mol. The van der Waals surface area contributed by atoms with Crippen LogP contribution in [0.1, 0.15) is 17.3 Å². The fourth-order valence-corrected chi connectivity index (χ4v) is 2.52. The minimum Gasteiger partial charge on any atom is -0.480 e. The SMILES string of the molecule is CCOC(=O)c1cccc(OC(=O)COc2ccc(Br)cc2Cl)c1. The summed E-state index contributed by atoms with van der Waals surface area (Å²) in [6.45, 7) is 1.67. The van der Waals surface area contributed by atoms with Crippen molar-refractivity contribution in [1.82, 2.24) is 0 Å². The number of halogens is 2. The van der Waals surface area contributed by atoms with Crippen LogP contribution in [-0.2, 0) is 9.53 Å². The van der Waals surface area contributed by atoms with Gasteiger partial charge in [0.25, 0.3) is 0 Å². The Kier molecular flexibility index (Phi) is 6.63. The number of benzene rings is 2.